The first-order valence-electron chi connectivity index (χ1n) is 6.23. The van der Waals surface area contributed by atoms with Crippen LogP contribution in [-0.4, -0.2) is 14.1 Å². The number of hydrogen-bond acceptors (Lipinski definition) is 5. The molecular formula is C15H9NO4S2-2. The smallest absolute Gasteiger partial charge is 0.282 e. The fourth-order valence-corrected chi connectivity index (χ4v) is 3.79. The molecule has 0 fully saturated rings. The minimum Gasteiger partial charge on any atom is -0.883 e. The Kier molecular flexibility index (Phi) is 3.67. The van der Waals surface area contributed by atoms with E-state index in [2.05, 4.69) is 4.40 Å². The Labute approximate surface area is 131 Å². The maximum Gasteiger partial charge on any atom is 0.282 e. The van der Waals surface area contributed by atoms with Gasteiger partial charge in [0.15, 0.2) is 0 Å². The molecule has 1 aliphatic rings. The Balaban J connectivity index is 2.09. The second-order valence-corrected chi connectivity index (χ2v) is 7.02. The van der Waals surface area contributed by atoms with E-state index in [1.807, 2.05) is 18.2 Å². The second kappa shape index (κ2) is 5.51. The molecule has 2 aromatic carbocycles. The summed E-state index contributed by atoms with van der Waals surface area (Å²) in [6.07, 6.45) is 1.34. The van der Waals surface area contributed by atoms with Crippen molar-refractivity contribution in [1.29, 1.82) is 0 Å². The van der Waals surface area contributed by atoms with Crippen LogP contribution in [0, 0.1) is 0 Å². The largest absolute Gasteiger partial charge is 0.883 e. The van der Waals surface area contributed by atoms with Crippen molar-refractivity contribution in [3.63, 3.8) is 0 Å². The van der Waals surface area contributed by atoms with Crippen LogP contribution in [0.4, 0.5) is 0 Å². The van der Waals surface area contributed by atoms with Crippen molar-refractivity contribution >= 4 is 38.3 Å². The molecule has 2 aromatic rings. The van der Waals surface area contributed by atoms with Crippen LogP contribution in [0.1, 0.15) is 0 Å². The summed E-state index contributed by atoms with van der Waals surface area (Å²) in [4.78, 5) is -0.189. The molecule has 3 rings (SSSR count). The number of benzene rings is 2. The number of thioether (sulfide) groups is 1. The van der Waals surface area contributed by atoms with Crippen molar-refractivity contribution in [3.05, 3.63) is 64.8 Å². The van der Waals surface area contributed by atoms with E-state index in [1.54, 1.807) is 12.1 Å². The zero-order valence-corrected chi connectivity index (χ0v) is 12.7. The lowest BCUT2D eigenvalue weighted by molar-refractivity contribution is -0.513. The lowest BCUT2D eigenvalue weighted by Gasteiger charge is -2.20. The summed E-state index contributed by atoms with van der Waals surface area (Å²) < 4.78 is 28.3. The highest BCUT2D eigenvalue weighted by Crippen LogP contribution is 2.28. The van der Waals surface area contributed by atoms with E-state index >= 15 is 0 Å². The van der Waals surface area contributed by atoms with Crippen molar-refractivity contribution < 1.29 is 18.6 Å². The lowest BCUT2D eigenvalue weighted by atomic mass is 10.1. The summed E-state index contributed by atoms with van der Waals surface area (Å²) in [5.74, 6) is -1.44. The Hall–Kier alpha value is -2.25. The van der Waals surface area contributed by atoms with Gasteiger partial charge in [-0.25, -0.2) is 0 Å². The SMILES string of the molecule is O=S(=O)(N=C1C=CSC1=C([O-])[O-])c1ccc2ccccc2c1. The zero-order valence-electron chi connectivity index (χ0n) is 11.1. The topological polar surface area (TPSA) is 92.6 Å². The van der Waals surface area contributed by atoms with Crippen LogP contribution in [-0.2, 0) is 10.0 Å². The summed E-state index contributed by atoms with van der Waals surface area (Å²) in [6.45, 7) is 0. The van der Waals surface area contributed by atoms with E-state index in [9.17, 15) is 18.6 Å². The fourth-order valence-electron chi connectivity index (χ4n) is 2.04. The van der Waals surface area contributed by atoms with Gasteiger partial charge in [0, 0.05) is 4.91 Å². The first kappa shape index (κ1) is 14.7. The number of rotatable bonds is 2. The minimum absolute atomic E-state index is 0.0155. The molecule has 0 radical (unpaired) electrons. The van der Waals surface area contributed by atoms with E-state index in [-0.39, 0.29) is 15.5 Å². The van der Waals surface area contributed by atoms with E-state index in [0.717, 1.165) is 22.5 Å². The highest BCUT2D eigenvalue weighted by atomic mass is 32.2. The second-order valence-electron chi connectivity index (χ2n) is 4.50. The molecule has 0 spiro atoms. The summed E-state index contributed by atoms with van der Waals surface area (Å²) in [6, 6.07) is 12.0. The summed E-state index contributed by atoms with van der Waals surface area (Å²) in [7, 11) is -3.99. The number of sulfonamides is 1. The van der Waals surface area contributed by atoms with Gasteiger partial charge in [-0.2, -0.15) is 18.8 Å². The molecule has 5 nitrogen and oxygen atoms in total. The van der Waals surface area contributed by atoms with Crippen molar-refractivity contribution in [2.24, 2.45) is 4.40 Å². The van der Waals surface area contributed by atoms with Crippen LogP contribution in [0.25, 0.3) is 10.8 Å². The van der Waals surface area contributed by atoms with Gasteiger partial charge < -0.3 is 10.2 Å². The number of nitrogens with zero attached hydrogens (tertiary/aromatic N) is 1. The molecule has 0 aromatic heterocycles. The molecule has 0 saturated carbocycles. The van der Waals surface area contributed by atoms with Crippen LogP contribution < -0.4 is 10.2 Å². The molecule has 1 aliphatic heterocycles. The summed E-state index contributed by atoms with van der Waals surface area (Å²) >= 11 is 0.876. The number of fused-ring (bicyclic) bond motifs is 1. The molecule has 0 amide bonds. The van der Waals surface area contributed by atoms with E-state index in [0.29, 0.717) is 0 Å². The Morgan fingerprint density at radius 2 is 1.77 bits per heavy atom. The van der Waals surface area contributed by atoms with Gasteiger partial charge in [0.05, 0.1) is 10.6 Å². The maximum atomic E-state index is 12.3. The zero-order chi connectivity index (χ0) is 15.7. The average Bonchev–Trinajstić information content (AvgIpc) is 2.94. The minimum atomic E-state index is -3.99. The molecule has 0 N–H and O–H groups in total. The van der Waals surface area contributed by atoms with Gasteiger partial charge in [-0.3, -0.25) is 0 Å². The van der Waals surface area contributed by atoms with Crippen LogP contribution in [0.5, 0.6) is 0 Å². The number of hydrogen-bond donors (Lipinski definition) is 0. The predicted molar refractivity (Wildman–Crippen MR) is 82.3 cm³/mol. The lowest BCUT2D eigenvalue weighted by Crippen LogP contribution is -2.22. The van der Waals surface area contributed by atoms with Crippen LogP contribution >= 0.6 is 11.8 Å². The van der Waals surface area contributed by atoms with Gasteiger partial charge in [-0.05, 0) is 34.4 Å². The van der Waals surface area contributed by atoms with Crippen LogP contribution in [0.15, 0.2) is 74.1 Å². The normalized spacial score (nSPS) is 16.5. The Bertz CT molecular complexity index is 939. The van der Waals surface area contributed by atoms with Crippen LogP contribution in [0.2, 0.25) is 0 Å². The third kappa shape index (κ3) is 2.72. The van der Waals surface area contributed by atoms with Gasteiger partial charge in [0.25, 0.3) is 10.0 Å². The monoisotopic (exact) mass is 331 g/mol. The molecule has 22 heavy (non-hydrogen) atoms. The van der Waals surface area contributed by atoms with Crippen molar-refractivity contribution in [2.75, 3.05) is 0 Å². The van der Waals surface area contributed by atoms with Gasteiger partial charge in [0.2, 0.25) is 0 Å². The van der Waals surface area contributed by atoms with Crippen molar-refractivity contribution in [2.45, 2.75) is 4.90 Å². The molecule has 1 heterocycles. The third-order valence-electron chi connectivity index (χ3n) is 3.07. The van der Waals surface area contributed by atoms with Crippen LogP contribution in [0.3, 0.4) is 0 Å². The molecule has 0 atom stereocenters. The van der Waals surface area contributed by atoms with E-state index in [4.69, 9.17) is 0 Å². The molecule has 7 heteroatoms. The molecule has 0 saturated heterocycles. The van der Waals surface area contributed by atoms with E-state index < -0.39 is 16.0 Å². The molecule has 0 unspecified atom stereocenters. The van der Waals surface area contributed by atoms with Gasteiger partial charge >= 0.3 is 0 Å². The van der Waals surface area contributed by atoms with Crippen molar-refractivity contribution in [3.8, 4) is 0 Å². The average molecular weight is 331 g/mol. The maximum absolute atomic E-state index is 12.3. The summed E-state index contributed by atoms with van der Waals surface area (Å²) in [5.41, 5.74) is -0.113. The number of allylic oxidation sites excluding steroid dienone is 2. The molecule has 0 aliphatic carbocycles. The Morgan fingerprint density at radius 1 is 1.05 bits per heavy atom. The first-order chi connectivity index (χ1) is 10.5. The van der Waals surface area contributed by atoms with Gasteiger partial charge in [-0.15, -0.1) is 0 Å². The van der Waals surface area contributed by atoms with Gasteiger partial charge in [0.1, 0.15) is 0 Å². The van der Waals surface area contributed by atoms with Gasteiger partial charge in [-0.1, -0.05) is 42.1 Å². The highest BCUT2D eigenvalue weighted by molar-refractivity contribution is 8.07. The third-order valence-corrected chi connectivity index (χ3v) is 5.24. The first-order valence-corrected chi connectivity index (χ1v) is 8.55. The molecule has 112 valence electrons. The highest BCUT2D eigenvalue weighted by Gasteiger charge is 2.17. The quantitative estimate of drug-likeness (QED) is 0.769. The Morgan fingerprint density at radius 3 is 2.50 bits per heavy atom. The van der Waals surface area contributed by atoms with Crippen molar-refractivity contribution in [1.82, 2.24) is 0 Å². The van der Waals surface area contributed by atoms with E-state index in [1.165, 1.54) is 23.6 Å². The molecule has 0 bridgehead atoms. The predicted octanol–water partition coefficient (Wildman–Crippen LogP) is 1.12. The molecular weight excluding hydrogens is 322 g/mol. The standard InChI is InChI=1S/C15H11NO4S2/c17-15(18)14-13(7-8-21-14)16-22(19,20)12-6-5-10-3-1-2-4-11(10)9-12/h1-9,17-18H/p-2. The summed E-state index contributed by atoms with van der Waals surface area (Å²) in [5, 5.41) is 25.0. The fraction of sp³-hybridized carbons (Fsp3) is 0.